The summed E-state index contributed by atoms with van der Waals surface area (Å²) in [5.41, 5.74) is 0.380. The summed E-state index contributed by atoms with van der Waals surface area (Å²) in [4.78, 5) is 32.7. The highest BCUT2D eigenvalue weighted by Crippen LogP contribution is 2.32. The van der Waals surface area contributed by atoms with E-state index in [1.165, 1.54) is 31.5 Å². The zero-order chi connectivity index (χ0) is 21.0. The van der Waals surface area contributed by atoms with E-state index in [1.807, 2.05) is 0 Å². The van der Waals surface area contributed by atoms with Gasteiger partial charge >= 0.3 is 5.97 Å². The molecule has 10 heteroatoms. The van der Waals surface area contributed by atoms with Crippen molar-refractivity contribution in [2.75, 3.05) is 20.2 Å². The van der Waals surface area contributed by atoms with E-state index in [9.17, 15) is 18.0 Å². The van der Waals surface area contributed by atoms with Crippen LogP contribution in [0, 0.1) is 11.8 Å². The number of hydrogen-bond acceptors (Lipinski definition) is 6. The Morgan fingerprint density at radius 1 is 1.30 bits per heavy atom. The number of rotatable bonds is 4. The molecule has 0 radical (unpaired) electrons. The molecule has 1 aliphatic heterocycles. The van der Waals surface area contributed by atoms with Gasteiger partial charge in [-0.25, -0.2) is 18.2 Å². The molecule has 9 nitrogen and oxygen atoms in total. The first-order chi connectivity index (χ1) is 14.4. The van der Waals surface area contributed by atoms with Crippen molar-refractivity contribution >= 4 is 37.8 Å². The van der Waals surface area contributed by atoms with Crippen molar-refractivity contribution in [3.05, 3.63) is 52.5 Å². The maximum absolute atomic E-state index is 13.0. The largest absolute Gasteiger partial charge is 0.465 e. The van der Waals surface area contributed by atoms with Crippen molar-refractivity contribution in [2.45, 2.75) is 11.3 Å². The Morgan fingerprint density at radius 2 is 2.13 bits per heavy atom. The van der Waals surface area contributed by atoms with Crippen LogP contribution in [0.5, 0.6) is 0 Å². The second-order valence-electron chi connectivity index (χ2n) is 7.69. The number of sulfonamides is 1. The molecule has 0 spiro atoms. The van der Waals surface area contributed by atoms with Crippen molar-refractivity contribution in [3.8, 4) is 0 Å². The van der Waals surface area contributed by atoms with E-state index >= 15 is 0 Å². The van der Waals surface area contributed by atoms with Crippen molar-refractivity contribution in [2.24, 2.45) is 11.8 Å². The molecular formula is C20H20N4O5S. The van der Waals surface area contributed by atoms with Crippen LogP contribution >= 0.6 is 0 Å². The molecule has 1 saturated heterocycles. The number of nitrogens with zero attached hydrogens (tertiary/aromatic N) is 1. The van der Waals surface area contributed by atoms with E-state index in [1.54, 1.807) is 5.01 Å². The highest BCUT2D eigenvalue weighted by molar-refractivity contribution is 7.89. The van der Waals surface area contributed by atoms with E-state index in [2.05, 4.69) is 27.0 Å². The summed E-state index contributed by atoms with van der Waals surface area (Å²) in [7, 11) is -2.59. The number of aromatic nitrogens is 2. The highest BCUT2D eigenvalue weighted by Gasteiger charge is 2.35. The first-order valence-corrected chi connectivity index (χ1v) is 11.0. The van der Waals surface area contributed by atoms with Gasteiger partial charge < -0.3 is 14.7 Å². The lowest BCUT2D eigenvalue weighted by atomic mass is 10.0. The number of benzene rings is 1. The maximum Gasteiger partial charge on any atom is 0.340 e. The predicted molar refractivity (Wildman–Crippen MR) is 110 cm³/mol. The second-order valence-corrected chi connectivity index (χ2v) is 9.35. The fourth-order valence-electron chi connectivity index (χ4n) is 4.43. The summed E-state index contributed by atoms with van der Waals surface area (Å²) in [6, 6.07) is 4.43. The van der Waals surface area contributed by atoms with Gasteiger partial charge in [0, 0.05) is 35.6 Å². The lowest BCUT2D eigenvalue weighted by Crippen LogP contribution is -2.40. The van der Waals surface area contributed by atoms with Crippen LogP contribution in [0.2, 0.25) is 0 Å². The minimum absolute atomic E-state index is 0.0490. The van der Waals surface area contributed by atoms with Gasteiger partial charge in [-0.05, 0) is 36.5 Å². The summed E-state index contributed by atoms with van der Waals surface area (Å²) in [5, 5.41) is 2.51. The monoisotopic (exact) mass is 428 g/mol. The molecule has 156 valence electrons. The van der Waals surface area contributed by atoms with Gasteiger partial charge in [0.1, 0.15) is 5.52 Å². The van der Waals surface area contributed by atoms with Gasteiger partial charge in [0.05, 0.1) is 17.6 Å². The average molecular weight is 428 g/mol. The number of hydrogen-bond donors (Lipinski definition) is 3. The van der Waals surface area contributed by atoms with Gasteiger partial charge in [-0.2, -0.15) is 0 Å². The molecule has 3 aromatic rings. The van der Waals surface area contributed by atoms with E-state index in [4.69, 9.17) is 4.74 Å². The molecule has 1 aliphatic carbocycles. The van der Waals surface area contributed by atoms with Crippen LogP contribution in [0.1, 0.15) is 16.8 Å². The van der Waals surface area contributed by atoms with E-state index in [0.29, 0.717) is 41.2 Å². The molecule has 2 aliphatic rings. The fraction of sp³-hybridized carbons (Fsp3) is 0.300. The number of aromatic amines is 2. The molecule has 1 aromatic carbocycles. The zero-order valence-corrected chi connectivity index (χ0v) is 17.0. The molecule has 2 atom stereocenters. The van der Waals surface area contributed by atoms with Crippen LogP contribution < -0.4 is 10.4 Å². The van der Waals surface area contributed by atoms with Gasteiger partial charge in [0.25, 0.3) is 15.6 Å². The third-order valence-electron chi connectivity index (χ3n) is 5.89. The van der Waals surface area contributed by atoms with Crippen LogP contribution in [-0.2, 0) is 14.8 Å². The maximum atomic E-state index is 13.0. The van der Waals surface area contributed by atoms with Crippen LogP contribution in [0.4, 0.5) is 0 Å². The van der Waals surface area contributed by atoms with E-state index in [0.717, 1.165) is 6.42 Å². The number of fused-ring (bicyclic) bond motifs is 4. The third-order valence-corrected chi connectivity index (χ3v) is 7.27. The van der Waals surface area contributed by atoms with E-state index < -0.39 is 21.6 Å². The smallest absolute Gasteiger partial charge is 0.340 e. The minimum Gasteiger partial charge on any atom is -0.465 e. The number of methoxy groups -OCH3 is 1. The van der Waals surface area contributed by atoms with Crippen LogP contribution in [0.15, 0.2) is 46.2 Å². The summed E-state index contributed by atoms with van der Waals surface area (Å²) < 4.78 is 30.9. The Balaban J connectivity index is 1.58. The Bertz CT molecular complexity index is 1370. The van der Waals surface area contributed by atoms with Gasteiger partial charge in [0.2, 0.25) is 0 Å². The normalized spacial score (nSPS) is 21.5. The molecule has 5 rings (SSSR count). The predicted octanol–water partition coefficient (Wildman–Crippen LogP) is 1.50. The number of nitrogens with one attached hydrogen (secondary N) is 3. The first-order valence-electron chi connectivity index (χ1n) is 9.57. The number of ether oxygens (including phenoxy) is 1. The Kier molecular flexibility index (Phi) is 4.31. The molecule has 1 fully saturated rings. The van der Waals surface area contributed by atoms with Crippen molar-refractivity contribution in [1.29, 1.82) is 0 Å². The number of carbonyl (C=O) groups excluding carboxylic acids is 1. The molecule has 2 unspecified atom stereocenters. The fourth-order valence-corrected chi connectivity index (χ4v) is 5.55. The molecule has 3 N–H and O–H groups in total. The minimum atomic E-state index is -3.83. The lowest BCUT2D eigenvalue weighted by molar-refractivity contribution is 0.0603. The van der Waals surface area contributed by atoms with Crippen molar-refractivity contribution < 1.29 is 17.9 Å². The second kappa shape index (κ2) is 6.79. The summed E-state index contributed by atoms with van der Waals surface area (Å²) in [5.74, 6) is 0.198. The zero-order valence-electron chi connectivity index (χ0n) is 16.1. The number of hydrazine groups is 1. The number of H-pyrrole nitrogens is 2. The highest BCUT2D eigenvalue weighted by atomic mass is 32.2. The molecule has 0 bridgehead atoms. The topological polar surface area (TPSA) is 124 Å². The Hall–Kier alpha value is -2.95. The summed E-state index contributed by atoms with van der Waals surface area (Å²) >= 11 is 0. The summed E-state index contributed by atoms with van der Waals surface area (Å²) in [6.45, 7) is 1.29. The van der Waals surface area contributed by atoms with Crippen molar-refractivity contribution in [1.82, 2.24) is 19.8 Å². The SMILES string of the molecule is COC(=O)c1c[nH]c2c(=O)[nH]c3ccc(S(=O)(=O)NN4CC5C=CCC5C4)cc3c12. The molecule has 0 saturated carbocycles. The van der Waals surface area contributed by atoms with Gasteiger partial charge in [-0.15, -0.1) is 4.83 Å². The van der Waals surface area contributed by atoms with Gasteiger partial charge in [-0.1, -0.05) is 12.2 Å². The van der Waals surface area contributed by atoms with Gasteiger partial charge in [-0.3, -0.25) is 4.79 Å². The number of esters is 1. The first kappa shape index (κ1) is 19.0. The summed E-state index contributed by atoms with van der Waals surface area (Å²) in [6.07, 6.45) is 6.64. The van der Waals surface area contributed by atoms with Gasteiger partial charge in [0.15, 0.2) is 0 Å². The molecule has 2 aromatic heterocycles. The number of carbonyl (C=O) groups is 1. The standard InChI is InChI=1S/C20H20N4O5S/c1-29-20(26)15-8-21-18-17(15)14-7-13(5-6-16(14)22-19(18)25)30(27,28)23-24-9-11-3-2-4-12(11)10-24/h2-3,5-8,11-12,21,23H,4,9-10H2,1H3,(H,22,25). The molecule has 0 amide bonds. The molecule has 3 heterocycles. The number of pyridine rings is 1. The molecule has 30 heavy (non-hydrogen) atoms. The molecular weight excluding hydrogens is 408 g/mol. The quantitative estimate of drug-likeness (QED) is 0.427. The van der Waals surface area contributed by atoms with Crippen LogP contribution in [0.3, 0.4) is 0 Å². The third kappa shape index (κ3) is 2.95. The van der Waals surface area contributed by atoms with E-state index in [-0.39, 0.29) is 16.0 Å². The Morgan fingerprint density at radius 3 is 2.90 bits per heavy atom. The lowest BCUT2D eigenvalue weighted by Gasteiger charge is -2.18. The average Bonchev–Trinajstić information content (AvgIpc) is 3.41. The van der Waals surface area contributed by atoms with Crippen LogP contribution in [-0.4, -0.2) is 49.6 Å². The Labute approximate surface area is 171 Å². The van der Waals surface area contributed by atoms with Crippen LogP contribution in [0.25, 0.3) is 21.8 Å². The van der Waals surface area contributed by atoms with Crippen molar-refractivity contribution in [3.63, 3.8) is 0 Å². The number of allylic oxidation sites excluding steroid dienone is 1.